The van der Waals surface area contributed by atoms with Crippen LogP contribution in [0.5, 0.6) is 5.88 Å². The van der Waals surface area contributed by atoms with Gasteiger partial charge in [-0.1, -0.05) is 23.7 Å². The van der Waals surface area contributed by atoms with E-state index in [1.165, 1.54) is 11.7 Å². The molecule has 1 fully saturated rings. The Kier molecular flexibility index (Phi) is 4.34. The molecular formula is C13H14ClN3O2S. The Labute approximate surface area is 126 Å². The van der Waals surface area contributed by atoms with E-state index in [4.69, 9.17) is 21.1 Å². The lowest BCUT2D eigenvalue weighted by Crippen LogP contribution is -2.36. The van der Waals surface area contributed by atoms with Gasteiger partial charge in [-0.05, 0) is 17.7 Å². The molecule has 1 aliphatic rings. The van der Waals surface area contributed by atoms with Crippen molar-refractivity contribution < 1.29 is 9.47 Å². The first-order valence-electron chi connectivity index (χ1n) is 6.35. The van der Waals surface area contributed by atoms with Crippen LogP contribution in [0.4, 0.5) is 5.82 Å². The van der Waals surface area contributed by atoms with Crippen LogP contribution in [-0.2, 0) is 11.3 Å². The highest BCUT2D eigenvalue weighted by Gasteiger charge is 2.19. The lowest BCUT2D eigenvalue weighted by Gasteiger charge is -2.26. The molecule has 0 amide bonds. The summed E-state index contributed by atoms with van der Waals surface area (Å²) in [5.74, 6) is 1.40. The minimum atomic E-state index is 0.458. The van der Waals surface area contributed by atoms with Gasteiger partial charge in [0.25, 0.3) is 5.88 Å². The molecule has 0 bridgehead atoms. The molecule has 1 aromatic heterocycles. The third kappa shape index (κ3) is 3.20. The summed E-state index contributed by atoms with van der Waals surface area (Å²) >= 11 is 7.03. The van der Waals surface area contributed by atoms with Crippen molar-refractivity contribution in [2.24, 2.45) is 0 Å². The monoisotopic (exact) mass is 311 g/mol. The van der Waals surface area contributed by atoms with Crippen molar-refractivity contribution in [2.75, 3.05) is 31.2 Å². The van der Waals surface area contributed by atoms with Gasteiger partial charge in [-0.25, -0.2) is 0 Å². The number of hydrogen-bond donors (Lipinski definition) is 0. The number of ether oxygens (including phenoxy) is 2. The van der Waals surface area contributed by atoms with Crippen LogP contribution < -0.4 is 9.64 Å². The van der Waals surface area contributed by atoms with Crippen LogP contribution in [0.3, 0.4) is 0 Å². The highest BCUT2D eigenvalue weighted by Crippen LogP contribution is 2.27. The van der Waals surface area contributed by atoms with Gasteiger partial charge in [0.05, 0.1) is 24.9 Å². The second-order valence-corrected chi connectivity index (χ2v) is 5.37. The summed E-state index contributed by atoms with van der Waals surface area (Å²) < 4.78 is 19.7. The summed E-state index contributed by atoms with van der Waals surface area (Å²) in [4.78, 5) is 2.14. The number of benzene rings is 1. The third-order valence-corrected chi connectivity index (χ3v) is 3.80. The van der Waals surface area contributed by atoms with Gasteiger partial charge in [-0.3, -0.25) is 0 Å². The standard InChI is InChI=1S/C13H14ClN3O2S/c14-11-3-1-10(2-4-11)9-19-13-12(15-20-16-13)17-5-7-18-8-6-17/h1-4H,5-9H2. The molecule has 0 aliphatic carbocycles. The van der Waals surface area contributed by atoms with Gasteiger partial charge in [0.15, 0.2) is 0 Å². The maximum absolute atomic E-state index is 5.86. The fourth-order valence-corrected chi connectivity index (χ4v) is 2.61. The molecule has 1 aliphatic heterocycles. The molecule has 1 saturated heterocycles. The Bertz CT molecular complexity index is 555. The van der Waals surface area contributed by atoms with Gasteiger partial charge >= 0.3 is 0 Å². The summed E-state index contributed by atoms with van der Waals surface area (Å²) in [6, 6.07) is 7.58. The van der Waals surface area contributed by atoms with Crippen molar-refractivity contribution in [3.63, 3.8) is 0 Å². The molecule has 0 atom stereocenters. The summed E-state index contributed by atoms with van der Waals surface area (Å²) in [5.41, 5.74) is 1.05. The highest BCUT2D eigenvalue weighted by atomic mass is 35.5. The van der Waals surface area contributed by atoms with Crippen LogP contribution in [-0.4, -0.2) is 35.1 Å². The van der Waals surface area contributed by atoms with E-state index < -0.39 is 0 Å². The Morgan fingerprint density at radius 1 is 1.20 bits per heavy atom. The minimum Gasteiger partial charge on any atom is -0.470 e. The maximum atomic E-state index is 5.86. The number of rotatable bonds is 4. The molecular weight excluding hydrogens is 298 g/mol. The van der Waals surface area contributed by atoms with Crippen LogP contribution in [0.25, 0.3) is 0 Å². The minimum absolute atomic E-state index is 0.458. The maximum Gasteiger partial charge on any atom is 0.271 e. The zero-order chi connectivity index (χ0) is 13.8. The zero-order valence-electron chi connectivity index (χ0n) is 10.8. The van der Waals surface area contributed by atoms with Crippen molar-refractivity contribution in [3.8, 4) is 5.88 Å². The lowest BCUT2D eigenvalue weighted by atomic mass is 10.2. The smallest absolute Gasteiger partial charge is 0.271 e. The van der Waals surface area contributed by atoms with Crippen LogP contribution >= 0.6 is 23.3 Å². The highest BCUT2D eigenvalue weighted by molar-refractivity contribution is 6.99. The molecule has 3 rings (SSSR count). The van der Waals surface area contributed by atoms with Crippen LogP contribution in [0.15, 0.2) is 24.3 Å². The molecule has 2 aromatic rings. The average Bonchev–Trinajstić information content (AvgIpc) is 2.96. The summed E-state index contributed by atoms with van der Waals surface area (Å²) in [5, 5.41) is 0.720. The van der Waals surface area contributed by atoms with Crippen molar-refractivity contribution in [3.05, 3.63) is 34.9 Å². The van der Waals surface area contributed by atoms with Gasteiger partial charge < -0.3 is 14.4 Å². The molecule has 0 spiro atoms. The van der Waals surface area contributed by atoms with Crippen molar-refractivity contribution >= 4 is 29.1 Å². The third-order valence-electron chi connectivity index (χ3n) is 3.04. The molecule has 0 N–H and O–H groups in total. The largest absolute Gasteiger partial charge is 0.470 e. The SMILES string of the molecule is Clc1ccc(COc2nsnc2N2CCOCC2)cc1. The average molecular weight is 312 g/mol. The van der Waals surface area contributed by atoms with Crippen LogP contribution in [0.2, 0.25) is 5.02 Å². The molecule has 0 unspecified atom stereocenters. The summed E-state index contributed by atoms with van der Waals surface area (Å²) in [6.07, 6.45) is 0. The normalized spacial score (nSPS) is 15.3. The van der Waals surface area contributed by atoms with E-state index in [1.54, 1.807) is 0 Å². The van der Waals surface area contributed by atoms with E-state index in [9.17, 15) is 0 Å². The van der Waals surface area contributed by atoms with E-state index in [-0.39, 0.29) is 0 Å². The van der Waals surface area contributed by atoms with Crippen molar-refractivity contribution in [2.45, 2.75) is 6.61 Å². The first kappa shape index (κ1) is 13.6. The van der Waals surface area contributed by atoms with E-state index >= 15 is 0 Å². The molecule has 7 heteroatoms. The Balaban J connectivity index is 1.65. The number of aromatic nitrogens is 2. The molecule has 0 saturated carbocycles. The fraction of sp³-hybridized carbons (Fsp3) is 0.385. The van der Waals surface area contributed by atoms with E-state index in [1.807, 2.05) is 24.3 Å². The van der Waals surface area contributed by atoms with Gasteiger partial charge in [-0.2, -0.15) is 4.37 Å². The molecule has 1 aromatic carbocycles. The number of halogens is 1. The number of anilines is 1. The van der Waals surface area contributed by atoms with Crippen LogP contribution in [0, 0.1) is 0 Å². The quantitative estimate of drug-likeness (QED) is 0.868. The Hall–Kier alpha value is -1.37. The zero-order valence-corrected chi connectivity index (χ0v) is 12.4. The number of nitrogens with zero attached hydrogens (tertiary/aromatic N) is 3. The Morgan fingerprint density at radius 3 is 2.70 bits per heavy atom. The summed E-state index contributed by atoms with van der Waals surface area (Å²) in [6.45, 7) is 3.54. The predicted molar refractivity (Wildman–Crippen MR) is 78.7 cm³/mol. The van der Waals surface area contributed by atoms with E-state index in [0.29, 0.717) is 25.7 Å². The fourth-order valence-electron chi connectivity index (χ4n) is 1.97. The second-order valence-electron chi connectivity index (χ2n) is 4.41. The van der Waals surface area contributed by atoms with Gasteiger partial charge in [0.1, 0.15) is 6.61 Å². The summed E-state index contributed by atoms with van der Waals surface area (Å²) in [7, 11) is 0. The van der Waals surface area contributed by atoms with Gasteiger partial charge in [0, 0.05) is 18.1 Å². The van der Waals surface area contributed by atoms with Gasteiger partial charge in [-0.15, -0.1) is 4.37 Å². The van der Waals surface area contributed by atoms with Crippen molar-refractivity contribution in [1.29, 1.82) is 0 Å². The Morgan fingerprint density at radius 2 is 1.95 bits per heavy atom. The molecule has 106 valence electrons. The number of morpholine rings is 1. The van der Waals surface area contributed by atoms with Gasteiger partial charge in [0.2, 0.25) is 5.82 Å². The first-order chi connectivity index (χ1) is 9.83. The van der Waals surface area contributed by atoms with E-state index in [2.05, 4.69) is 13.6 Å². The molecule has 0 radical (unpaired) electrons. The van der Waals surface area contributed by atoms with Crippen LogP contribution in [0.1, 0.15) is 5.56 Å². The predicted octanol–water partition coefficient (Wildman–Crippen LogP) is 2.61. The van der Waals surface area contributed by atoms with Crippen molar-refractivity contribution in [1.82, 2.24) is 8.75 Å². The topological polar surface area (TPSA) is 47.5 Å². The number of hydrogen-bond acceptors (Lipinski definition) is 6. The molecule has 20 heavy (non-hydrogen) atoms. The van der Waals surface area contributed by atoms with E-state index in [0.717, 1.165) is 29.5 Å². The lowest BCUT2D eigenvalue weighted by molar-refractivity contribution is 0.122. The molecule has 5 nitrogen and oxygen atoms in total. The first-order valence-corrected chi connectivity index (χ1v) is 7.46. The molecule has 2 heterocycles. The second kappa shape index (κ2) is 6.39.